The second kappa shape index (κ2) is 5.62. The molecule has 0 aliphatic heterocycles. The molecule has 0 fully saturated rings. The van der Waals surface area contributed by atoms with Crippen molar-refractivity contribution in [2.45, 2.75) is 0 Å². The maximum absolute atomic E-state index is 10.8. The first-order chi connectivity index (χ1) is 11.8. The molecule has 2 heterocycles. The van der Waals surface area contributed by atoms with Crippen molar-refractivity contribution in [2.75, 3.05) is 5.73 Å². The summed E-state index contributed by atoms with van der Waals surface area (Å²) in [5.74, 6) is 0.430. The van der Waals surface area contributed by atoms with E-state index in [1.165, 1.54) is 0 Å². The number of nitrogens with one attached hydrogen (secondary N) is 1. The Morgan fingerprint density at radius 2 is 1.71 bits per heavy atom. The Kier molecular flexibility index (Phi) is 3.31. The van der Waals surface area contributed by atoms with Gasteiger partial charge >= 0.3 is 0 Å². The van der Waals surface area contributed by atoms with Gasteiger partial charge in [-0.25, -0.2) is 4.98 Å². The summed E-state index contributed by atoms with van der Waals surface area (Å²) in [6.07, 6.45) is 0.825. The molecule has 0 unspecified atom stereocenters. The lowest BCUT2D eigenvalue weighted by Crippen LogP contribution is -1.92. The molecule has 24 heavy (non-hydrogen) atoms. The highest BCUT2D eigenvalue weighted by Gasteiger charge is 2.14. The number of rotatable bonds is 3. The fourth-order valence-corrected chi connectivity index (χ4v) is 2.75. The monoisotopic (exact) mass is 314 g/mol. The molecule has 116 valence electrons. The van der Waals surface area contributed by atoms with E-state index in [-0.39, 0.29) is 0 Å². The Morgan fingerprint density at radius 1 is 0.958 bits per heavy atom. The number of aldehydes is 1. The Labute approximate surface area is 138 Å². The number of fused-ring (bicyclic) bond motifs is 1. The van der Waals surface area contributed by atoms with Gasteiger partial charge in [0.05, 0.1) is 22.3 Å². The van der Waals surface area contributed by atoms with E-state index in [2.05, 4.69) is 10.2 Å². The number of benzene rings is 2. The van der Waals surface area contributed by atoms with Gasteiger partial charge in [-0.15, -0.1) is 0 Å². The van der Waals surface area contributed by atoms with Crippen LogP contribution < -0.4 is 5.73 Å². The SMILES string of the molecule is Nc1n[nH]c2cc(-c3ccc(C=O)cc3)nc(-c3ccccc3)c12. The van der Waals surface area contributed by atoms with Crippen LogP contribution in [-0.4, -0.2) is 21.5 Å². The number of H-pyrrole nitrogens is 1. The lowest BCUT2D eigenvalue weighted by Gasteiger charge is -2.08. The third kappa shape index (κ3) is 2.32. The van der Waals surface area contributed by atoms with Gasteiger partial charge in [0, 0.05) is 16.7 Å². The molecule has 0 aliphatic rings. The molecule has 0 amide bonds. The molecule has 0 aliphatic carbocycles. The first kappa shape index (κ1) is 14.1. The molecule has 0 radical (unpaired) electrons. The molecule has 0 saturated carbocycles. The molecule has 4 rings (SSSR count). The number of anilines is 1. The molecule has 0 bridgehead atoms. The Hall–Kier alpha value is -3.47. The predicted octanol–water partition coefficient (Wildman–Crippen LogP) is 3.69. The van der Waals surface area contributed by atoms with E-state index in [1.807, 2.05) is 48.5 Å². The van der Waals surface area contributed by atoms with Gasteiger partial charge in [0.25, 0.3) is 0 Å². The largest absolute Gasteiger partial charge is 0.382 e. The summed E-state index contributed by atoms with van der Waals surface area (Å²) in [5, 5.41) is 7.88. The zero-order valence-electron chi connectivity index (χ0n) is 12.7. The highest BCUT2D eigenvalue weighted by molar-refractivity contribution is 6.01. The first-order valence-corrected chi connectivity index (χ1v) is 7.52. The summed E-state index contributed by atoms with van der Waals surface area (Å²) in [5.41, 5.74) is 11.0. The molecule has 0 saturated heterocycles. The number of aromatic nitrogens is 3. The Balaban J connectivity index is 1.96. The van der Waals surface area contributed by atoms with E-state index in [0.717, 1.165) is 39.7 Å². The number of carbonyl (C=O) groups excluding carboxylic acids is 1. The van der Waals surface area contributed by atoms with Crippen LogP contribution in [0.5, 0.6) is 0 Å². The number of aromatic amines is 1. The molecule has 3 N–H and O–H groups in total. The lowest BCUT2D eigenvalue weighted by atomic mass is 10.0. The van der Waals surface area contributed by atoms with Crippen molar-refractivity contribution in [1.82, 2.24) is 15.2 Å². The quantitative estimate of drug-likeness (QED) is 0.565. The summed E-state index contributed by atoms with van der Waals surface area (Å²) in [7, 11) is 0. The summed E-state index contributed by atoms with van der Waals surface area (Å²) in [6.45, 7) is 0. The van der Waals surface area contributed by atoms with Gasteiger partial charge in [0.1, 0.15) is 6.29 Å². The predicted molar refractivity (Wildman–Crippen MR) is 94.6 cm³/mol. The second-order valence-corrected chi connectivity index (χ2v) is 5.49. The highest BCUT2D eigenvalue weighted by Crippen LogP contribution is 2.33. The molecule has 0 spiro atoms. The number of carbonyl (C=O) groups is 1. The smallest absolute Gasteiger partial charge is 0.155 e. The van der Waals surface area contributed by atoms with Crippen LogP contribution >= 0.6 is 0 Å². The lowest BCUT2D eigenvalue weighted by molar-refractivity contribution is 0.112. The minimum Gasteiger partial charge on any atom is -0.382 e. The average molecular weight is 314 g/mol. The van der Waals surface area contributed by atoms with Crippen LogP contribution in [0.1, 0.15) is 10.4 Å². The molecule has 5 heteroatoms. The molecule has 4 aromatic rings. The van der Waals surface area contributed by atoms with Gasteiger partial charge in [0.15, 0.2) is 5.82 Å². The summed E-state index contributed by atoms with van der Waals surface area (Å²) in [4.78, 5) is 15.6. The fraction of sp³-hybridized carbons (Fsp3) is 0. The van der Waals surface area contributed by atoms with E-state index in [0.29, 0.717) is 11.4 Å². The summed E-state index contributed by atoms with van der Waals surface area (Å²) >= 11 is 0. The van der Waals surface area contributed by atoms with E-state index < -0.39 is 0 Å². The minimum absolute atomic E-state index is 0.430. The van der Waals surface area contributed by atoms with E-state index in [1.54, 1.807) is 12.1 Å². The molecule has 2 aromatic carbocycles. The number of nitrogens with two attached hydrogens (primary N) is 1. The fourth-order valence-electron chi connectivity index (χ4n) is 2.75. The van der Waals surface area contributed by atoms with Gasteiger partial charge in [-0.2, -0.15) is 5.10 Å². The van der Waals surface area contributed by atoms with Crippen molar-refractivity contribution in [3.8, 4) is 22.5 Å². The van der Waals surface area contributed by atoms with Gasteiger partial charge in [-0.3, -0.25) is 9.89 Å². The third-order valence-electron chi connectivity index (χ3n) is 3.96. The maximum atomic E-state index is 10.8. The number of nitrogen functional groups attached to an aromatic ring is 1. The topological polar surface area (TPSA) is 84.7 Å². The van der Waals surface area contributed by atoms with Crippen molar-refractivity contribution in [2.24, 2.45) is 0 Å². The highest BCUT2D eigenvalue weighted by atomic mass is 16.1. The average Bonchev–Trinajstić information content (AvgIpc) is 3.03. The minimum atomic E-state index is 0.430. The Morgan fingerprint density at radius 3 is 2.42 bits per heavy atom. The van der Waals surface area contributed by atoms with E-state index in [9.17, 15) is 4.79 Å². The van der Waals surface area contributed by atoms with Crippen LogP contribution in [0.15, 0.2) is 60.7 Å². The van der Waals surface area contributed by atoms with Crippen molar-refractivity contribution >= 4 is 23.0 Å². The summed E-state index contributed by atoms with van der Waals surface area (Å²) in [6, 6.07) is 19.1. The number of nitrogens with zero attached hydrogens (tertiary/aromatic N) is 2. The van der Waals surface area contributed by atoms with Gasteiger partial charge in [-0.05, 0) is 6.07 Å². The van der Waals surface area contributed by atoms with Crippen LogP contribution in [0.2, 0.25) is 0 Å². The zero-order chi connectivity index (χ0) is 16.5. The van der Waals surface area contributed by atoms with Crippen molar-refractivity contribution in [3.05, 3.63) is 66.2 Å². The van der Waals surface area contributed by atoms with Gasteiger partial charge in [0.2, 0.25) is 0 Å². The molecule has 2 aromatic heterocycles. The van der Waals surface area contributed by atoms with Crippen molar-refractivity contribution < 1.29 is 4.79 Å². The van der Waals surface area contributed by atoms with Crippen molar-refractivity contribution in [3.63, 3.8) is 0 Å². The molecule has 5 nitrogen and oxygen atoms in total. The van der Waals surface area contributed by atoms with Crippen LogP contribution in [0.3, 0.4) is 0 Å². The molecular formula is C19H14N4O. The van der Waals surface area contributed by atoms with E-state index >= 15 is 0 Å². The van der Waals surface area contributed by atoms with Crippen LogP contribution in [-0.2, 0) is 0 Å². The first-order valence-electron chi connectivity index (χ1n) is 7.52. The third-order valence-corrected chi connectivity index (χ3v) is 3.96. The van der Waals surface area contributed by atoms with Crippen LogP contribution in [0, 0.1) is 0 Å². The zero-order valence-corrected chi connectivity index (χ0v) is 12.7. The molecule has 0 atom stereocenters. The number of hydrogen-bond donors (Lipinski definition) is 2. The number of hydrogen-bond acceptors (Lipinski definition) is 4. The summed E-state index contributed by atoms with van der Waals surface area (Å²) < 4.78 is 0. The normalized spacial score (nSPS) is 10.8. The van der Waals surface area contributed by atoms with Crippen LogP contribution in [0.25, 0.3) is 33.4 Å². The standard InChI is InChI=1S/C19H14N4O/c20-19-17-16(22-23-19)10-15(13-8-6-12(11-24)7-9-13)21-18(17)14-4-2-1-3-5-14/h1-11H,(H3,20,22,23). The van der Waals surface area contributed by atoms with Crippen LogP contribution in [0.4, 0.5) is 5.82 Å². The number of pyridine rings is 1. The maximum Gasteiger partial charge on any atom is 0.155 e. The van der Waals surface area contributed by atoms with Gasteiger partial charge in [-0.1, -0.05) is 54.6 Å². The second-order valence-electron chi connectivity index (χ2n) is 5.49. The Bertz CT molecular complexity index is 1020. The van der Waals surface area contributed by atoms with Gasteiger partial charge < -0.3 is 5.73 Å². The van der Waals surface area contributed by atoms with E-state index in [4.69, 9.17) is 10.7 Å². The van der Waals surface area contributed by atoms with Crippen molar-refractivity contribution in [1.29, 1.82) is 0 Å². The molecular weight excluding hydrogens is 300 g/mol.